The van der Waals surface area contributed by atoms with Crippen molar-refractivity contribution in [3.63, 3.8) is 0 Å². The van der Waals surface area contributed by atoms with Gasteiger partial charge >= 0.3 is 6.18 Å². The Bertz CT molecular complexity index is 1380. The number of likely N-dealkylation sites (tertiary alicyclic amines) is 1. The molecule has 1 saturated heterocycles. The Hall–Kier alpha value is -4.07. The minimum absolute atomic E-state index is 0.122. The van der Waals surface area contributed by atoms with Gasteiger partial charge in [0.15, 0.2) is 0 Å². The van der Waals surface area contributed by atoms with Gasteiger partial charge in [-0.15, -0.1) is 0 Å². The van der Waals surface area contributed by atoms with Crippen LogP contribution in [0.4, 0.5) is 13.2 Å². The molecule has 5 nitrogen and oxygen atoms in total. The Kier molecular flexibility index (Phi) is 7.62. The highest BCUT2D eigenvalue weighted by molar-refractivity contribution is 6.46. The number of carbonyl (C=O) groups is 2. The van der Waals surface area contributed by atoms with Crippen molar-refractivity contribution in [2.24, 2.45) is 5.92 Å². The average molecular weight is 524 g/mol. The van der Waals surface area contributed by atoms with Crippen molar-refractivity contribution in [3.05, 3.63) is 106 Å². The lowest BCUT2D eigenvalue weighted by Gasteiger charge is -2.25. The molecule has 0 aliphatic carbocycles. The number of Topliss-reactive ketones (excluding diaryl/α,β-unsaturated/α-hetero) is 1. The van der Waals surface area contributed by atoms with E-state index in [1.807, 2.05) is 20.8 Å². The number of aliphatic hydroxyl groups is 1. The number of ketones is 1. The molecule has 1 fully saturated rings. The van der Waals surface area contributed by atoms with Crippen LogP contribution in [0.25, 0.3) is 5.76 Å². The summed E-state index contributed by atoms with van der Waals surface area (Å²) in [5.74, 6) is -1.20. The maximum Gasteiger partial charge on any atom is 0.416 e. The standard InChI is InChI=1S/C30H28F3NO4/c1-18(2)17-38-24-13-12-22(14-19(24)3)27(35)25-26(21-9-5-4-6-10-21)34(29(37)28(25)36)16-20-8-7-11-23(15-20)30(31,32)33/h4-15,18,26,35H,16-17H2,1-3H3/b27-25+. The first kappa shape index (κ1) is 27.0. The van der Waals surface area contributed by atoms with E-state index >= 15 is 0 Å². The number of aliphatic hydroxyl groups excluding tert-OH is 1. The molecule has 0 spiro atoms. The third kappa shape index (κ3) is 5.59. The summed E-state index contributed by atoms with van der Waals surface area (Å²) in [6.07, 6.45) is -4.55. The Morgan fingerprint density at radius 3 is 2.34 bits per heavy atom. The van der Waals surface area contributed by atoms with Crippen LogP contribution in [0.15, 0.2) is 78.4 Å². The fourth-order valence-corrected chi connectivity index (χ4v) is 4.44. The number of nitrogens with zero attached hydrogens (tertiary/aromatic N) is 1. The minimum Gasteiger partial charge on any atom is -0.507 e. The number of benzene rings is 3. The van der Waals surface area contributed by atoms with E-state index in [0.717, 1.165) is 17.7 Å². The lowest BCUT2D eigenvalue weighted by atomic mass is 9.94. The largest absolute Gasteiger partial charge is 0.507 e. The minimum atomic E-state index is -4.55. The first-order chi connectivity index (χ1) is 18.0. The van der Waals surface area contributed by atoms with Gasteiger partial charge in [0.25, 0.3) is 11.7 Å². The summed E-state index contributed by atoms with van der Waals surface area (Å²) >= 11 is 0. The lowest BCUT2D eigenvalue weighted by Crippen LogP contribution is -2.29. The van der Waals surface area contributed by atoms with Gasteiger partial charge in [-0.3, -0.25) is 9.59 Å². The number of hydrogen-bond acceptors (Lipinski definition) is 4. The third-order valence-corrected chi connectivity index (χ3v) is 6.28. The second-order valence-corrected chi connectivity index (χ2v) is 9.72. The van der Waals surface area contributed by atoms with Crippen LogP contribution in [0.5, 0.6) is 5.75 Å². The summed E-state index contributed by atoms with van der Waals surface area (Å²) in [6.45, 7) is 6.13. The number of amides is 1. The molecule has 0 aromatic heterocycles. The maximum atomic E-state index is 13.3. The highest BCUT2D eigenvalue weighted by Gasteiger charge is 2.46. The van der Waals surface area contributed by atoms with Crippen LogP contribution in [0.3, 0.4) is 0 Å². The lowest BCUT2D eigenvalue weighted by molar-refractivity contribution is -0.140. The number of ether oxygens (including phenoxy) is 1. The van der Waals surface area contributed by atoms with Crippen LogP contribution in [-0.2, 0) is 22.3 Å². The van der Waals surface area contributed by atoms with Gasteiger partial charge in [0.2, 0.25) is 0 Å². The number of aryl methyl sites for hydroxylation is 1. The van der Waals surface area contributed by atoms with Crippen LogP contribution < -0.4 is 4.74 Å². The van der Waals surface area contributed by atoms with Gasteiger partial charge in [-0.05, 0) is 59.9 Å². The maximum absolute atomic E-state index is 13.3. The number of carbonyl (C=O) groups excluding carboxylic acids is 2. The molecule has 3 aromatic rings. The van der Waals surface area contributed by atoms with Crippen molar-refractivity contribution in [3.8, 4) is 5.75 Å². The van der Waals surface area contributed by atoms with Crippen LogP contribution in [0.1, 0.15) is 47.7 Å². The molecular weight excluding hydrogens is 495 g/mol. The summed E-state index contributed by atoms with van der Waals surface area (Å²) in [7, 11) is 0. The molecule has 3 aromatic carbocycles. The van der Waals surface area contributed by atoms with E-state index in [9.17, 15) is 27.9 Å². The van der Waals surface area contributed by atoms with Crippen molar-refractivity contribution in [2.45, 2.75) is 39.5 Å². The Balaban J connectivity index is 1.77. The van der Waals surface area contributed by atoms with E-state index in [1.165, 1.54) is 17.0 Å². The zero-order chi connectivity index (χ0) is 27.6. The normalized spacial score (nSPS) is 17.3. The van der Waals surface area contributed by atoms with Crippen molar-refractivity contribution >= 4 is 17.4 Å². The molecule has 1 N–H and O–H groups in total. The summed E-state index contributed by atoms with van der Waals surface area (Å²) in [5, 5.41) is 11.3. The molecule has 1 heterocycles. The molecule has 1 aliphatic heterocycles. The predicted octanol–water partition coefficient (Wildman–Crippen LogP) is 6.67. The molecule has 1 unspecified atom stereocenters. The Morgan fingerprint density at radius 1 is 1.00 bits per heavy atom. The smallest absolute Gasteiger partial charge is 0.416 e. The van der Waals surface area contributed by atoms with Gasteiger partial charge in [0.05, 0.1) is 23.8 Å². The highest BCUT2D eigenvalue weighted by atomic mass is 19.4. The average Bonchev–Trinajstić information content (AvgIpc) is 3.12. The first-order valence-corrected chi connectivity index (χ1v) is 12.2. The van der Waals surface area contributed by atoms with E-state index in [2.05, 4.69) is 0 Å². The van der Waals surface area contributed by atoms with E-state index in [1.54, 1.807) is 48.5 Å². The molecule has 1 amide bonds. The molecule has 38 heavy (non-hydrogen) atoms. The van der Waals surface area contributed by atoms with Gasteiger partial charge in [0, 0.05) is 12.1 Å². The zero-order valence-corrected chi connectivity index (χ0v) is 21.3. The molecule has 198 valence electrons. The molecule has 1 atom stereocenters. The van der Waals surface area contributed by atoms with Gasteiger partial charge in [0.1, 0.15) is 11.5 Å². The summed E-state index contributed by atoms with van der Waals surface area (Å²) < 4.78 is 45.6. The third-order valence-electron chi connectivity index (χ3n) is 6.28. The van der Waals surface area contributed by atoms with Crippen LogP contribution in [0.2, 0.25) is 0 Å². The topological polar surface area (TPSA) is 66.8 Å². The molecule has 0 saturated carbocycles. The Morgan fingerprint density at radius 2 is 1.71 bits per heavy atom. The van der Waals surface area contributed by atoms with Crippen LogP contribution in [-0.4, -0.2) is 28.3 Å². The zero-order valence-electron chi connectivity index (χ0n) is 21.3. The van der Waals surface area contributed by atoms with Crippen molar-refractivity contribution in [2.75, 3.05) is 6.61 Å². The fourth-order valence-electron chi connectivity index (χ4n) is 4.44. The second kappa shape index (κ2) is 10.7. The molecule has 0 radical (unpaired) electrons. The number of hydrogen-bond donors (Lipinski definition) is 1. The van der Waals surface area contributed by atoms with Gasteiger partial charge in [-0.1, -0.05) is 56.3 Å². The predicted molar refractivity (Wildman–Crippen MR) is 137 cm³/mol. The van der Waals surface area contributed by atoms with E-state index in [4.69, 9.17) is 4.74 Å². The van der Waals surface area contributed by atoms with Crippen LogP contribution in [0, 0.1) is 12.8 Å². The molecule has 1 aliphatic rings. The SMILES string of the molecule is Cc1cc(/C(O)=C2\C(=O)C(=O)N(Cc3cccc(C(F)(F)F)c3)C2c2ccccc2)ccc1OCC(C)C. The van der Waals surface area contributed by atoms with Crippen LogP contribution >= 0.6 is 0 Å². The quantitative estimate of drug-likeness (QED) is 0.213. The second-order valence-electron chi connectivity index (χ2n) is 9.72. The van der Waals surface area contributed by atoms with Crippen molar-refractivity contribution < 1.29 is 32.6 Å². The number of rotatable bonds is 7. The highest BCUT2D eigenvalue weighted by Crippen LogP contribution is 2.41. The molecule has 0 bridgehead atoms. The van der Waals surface area contributed by atoms with Crippen molar-refractivity contribution in [1.29, 1.82) is 0 Å². The van der Waals surface area contributed by atoms with Gasteiger partial charge in [-0.2, -0.15) is 13.2 Å². The molecule has 4 rings (SSSR count). The molecular formula is C30H28F3NO4. The monoisotopic (exact) mass is 523 g/mol. The van der Waals surface area contributed by atoms with Gasteiger partial charge < -0.3 is 14.7 Å². The number of alkyl halides is 3. The van der Waals surface area contributed by atoms with E-state index in [0.29, 0.717) is 29.4 Å². The summed E-state index contributed by atoms with van der Waals surface area (Å²) in [5.41, 5.74) is 0.863. The van der Waals surface area contributed by atoms with E-state index < -0.39 is 29.5 Å². The number of halogens is 3. The summed E-state index contributed by atoms with van der Waals surface area (Å²) in [6, 6.07) is 17.3. The molecule has 8 heteroatoms. The fraction of sp³-hybridized carbons (Fsp3) is 0.267. The summed E-state index contributed by atoms with van der Waals surface area (Å²) in [4.78, 5) is 27.6. The Labute approximate surface area is 219 Å². The van der Waals surface area contributed by atoms with E-state index in [-0.39, 0.29) is 23.4 Å². The van der Waals surface area contributed by atoms with Crippen molar-refractivity contribution in [1.82, 2.24) is 4.90 Å². The van der Waals surface area contributed by atoms with Gasteiger partial charge in [-0.25, -0.2) is 0 Å². The first-order valence-electron chi connectivity index (χ1n) is 12.2.